The van der Waals surface area contributed by atoms with E-state index < -0.39 is 0 Å². The first-order chi connectivity index (χ1) is 8.65. The SMILES string of the molecule is CCNC(C)c1sc(-c2ccc(CC)s2)nc1C. The monoisotopic (exact) mass is 280 g/mol. The lowest BCUT2D eigenvalue weighted by molar-refractivity contribution is 0.603. The Balaban J connectivity index is 2.27. The molecule has 18 heavy (non-hydrogen) atoms. The summed E-state index contributed by atoms with van der Waals surface area (Å²) in [4.78, 5) is 8.81. The highest BCUT2D eigenvalue weighted by Gasteiger charge is 2.15. The van der Waals surface area contributed by atoms with Crippen LogP contribution in [0.5, 0.6) is 0 Å². The fourth-order valence-electron chi connectivity index (χ4n) is 2.00. The van der Waals surface area contributed by atoms with Gasteiger partial charge in [0.2, 0.25) is 0 Å². The molecule has 1 N–H and O–H groups in total. The summed E-state index contributed by atoms with van der Waals surface area (Å²) in [5, 5.41) is 4.62. The Morgan fingerprint density at radius 1 is 1.28 bits per heavy atom. The number of aryl methyl sites for hydroxylation is 2. The van der Waals surface area contributed by atoms with Crippen molar-refractivity contribution in [2.24, 2.45) is 0 Å². The Kier molecular flexibility index (Phi) is 4.54. The van der Waals surface area contributed by atoms with Gasteiger partial charge in [-0.1, -0.05) is 13.8 Å². The first-order valence-corrected chi connectivity index (χ1v) is 8.08. The lowest BCUT2D eigenvalue weighted by Gasteiger charge is -2.09. The van der Waals surface area contributed by atoms with Crippen LogP contribution in [0.25, 0.3) is 9.88 Å². The van der Waals surface area contributed by atoms with Crippen molar-refractivity contribution in [3.8, 4) is 9.88 Å². The van der Waals surface area contributed by atoms with Gasteiger partial charge in [-0.05, 0) is 38.9 Å². The van der Waals surface area contributed by atoms with Crippen LogP contribution in [0, 0.1) is 6.92 Å². The quantitative estimate of drug-likeness (QED) is 0.877. The number of thiazole rings is 1. The van der Waals surface area contributed by atoms with E-state index in [0.717, 1.165) is 23.7 Å². The van der Waals surface area contributed by atoms with Gasteiger partial charge in [-0.2, -0.15) is 0 Å². The highest BCUT2D eigenvalue weighted by molar-refractivity contribution is 7.21. The van der Waals surface area contributed by atoms with Gasteiger partial charge >= 0.3 is 0 Å². The molecule has 0 aromatic carbocycles. The van der Waals surface area contributed by atoms with Crippen molar-refractivity contribution in [1.29, 1.82) is 0 Å². The molecule has 98 valence electrons. The summed E-state index contributed by atoms with van der Waals surface area (Å²) in [6, 6.07) is 4.81. The molecule has 0 aliphatic heterocycles. The van der Waals surface area contributed by atoms with Crippen LogP contribution in [-0.4, -0.2) is 11.5 Å². The van der Waals surface area contributed by atoms with Crippen molar-refractivity contribution in [3.63, 3.8) is 0 Å². The van der Waals surface area contributed by atoms with Crippen LogP contribution in [0.2, 0.25) is 0 Å². The highest BCUT2D eigenvalue weighted by atomic mass is 32.1. The zero-order valence-electron chi connectivity index (χ0n) is 11.4. The summed E-state index contributed by atoms with van der Waals surface area (Å²) >= 11 is 3.68. The van der Waals surface area contributed by atoms with E-state index in [0.29, 0.717) is 6.04 Å². The molecule has 1 atom stereocenters. The zero-order valence-corrected chi connectivity index (χ0v) is 13.0. The molecular formula is C14H20N2S2. The van der Waals surface area contributed by atoms with Crippen LogP contribution in [0.4, 0.5) is 0 Å². The van der Waals surface area contributed by atoms with E-state index in [9.17, 15) is 0 Å². The minimum absolute atomic E-state index is 0.395. The number of rotatable bonds is 5. The third-order valence-electron chi connectivity index (χ3n) is 2.96. The van der Waals surface area contributed by atoms with Gasteiger partial charge in [-0.25, -0.2) is 4.98 Å². The summed E-state index contributed by atoms with van der Waals surface area (Å²) in [5.41, 5.74) is 1.16. The average molecular weight is 280 g/mol. The van der Waals surface area contributed by atoms with Crippen molar-refractivity contribution < 1.29 is 0 Å². The van der Waals surface area contributed by atoms with Gasteiger partial charge < -0.3 is 5.32 Å². The summed E-state index contributed by atoms with van der Waals surface area (Å²) in [7, 11) is 0. The van der Waals surface area contributed by atoms with Crippen molar-refractivity contribution in [2.75, 3.05) is 6.54 Å². The second-order valence-electron chi connectivity index (χ2n) is 4.37. The number of hydrogen-bond donors (Lipinski definition) is 1. The first kappa shape index (κ1) is 13.7. The standard InChI is InChI=1S/C14H20N2S2/c1-5-11-7-8-12(17-11)14-16-10(4)13(18-14)9(3)15-6-2/h7-9,15H,5-6H2,1-4H3. The summed E-state index contributed by atoms with van der Waals surface area (Å²) in [6.07, 6.45) is 1.11. The Labute approximate surface area is 117 Å². The lowest BCUT2D eigenvalue weighted by atomic mass is 10.2. The van der Waals surface area contributed by atoms with Gasteiger partial charge in [0.15, 0.2) is 0 Å². The van der Waals surface area contributed by atoms with Crippen LogP contribution >= 0.6 is 22.7 Å². The lowest BCUT2D eigenvalue weighted by Crippen LogP contribution is -2.17. The molecule has 2 aromatic rings. The molecule has 2 nitrogen and oxygen atoms in total. The molecule has 0 aliphatic rings. The number of aromatic nitrogens is 1. The van der Waals surface area contributed by atoms with Gasteiger partial charge in [-0.3, -0.25) is 0 Å². The molecule has 0 aliphatic carbocycles. The normalized spacial score (nSPS) is 12.9. The molecular weight excluding hydrogens is 260 g/mol. The molecule has 0 amide bonds. The van der Waals surface area contributed by atoms with Crippen molar-refractivity contribution >= 4 is 22.7 Å². The van der Waals surface area contributed by atoms with Gasteiger partial charge in [0.05, 0.1) is 10.6 Å². The van der Waals surface area contributed by atoms with E-state index in [2.05, 4.69) is 45.1 Å². The fourth-order valence-corrected chi connectivity index (χ4v) is 4.09. The fraction of sp³-hybridized carbons (Fsp3) is 0.500. The van der Waals surface area contributed by atoms with Crippen LogP contribution < -0.4 is 5.32 Å². The molecule has 1 unspecified atom stereocenters. The summed E-state index contributed by atoms with van der Waals surface area (Å²) < 4.78 is 0. The van der Waals surface area contributed by atoms with Crippen LogP contribution in [0.3, 0.4) is 0 Å². The van der Waals surface area contributed by atoms with Crippen LogP contribution in [-0.2, 0) is 6.42 Å². The van der Waals surface area contributed by atoms with Gasteiger partial charge in [-0.15, -0.1) is 22.7 Å². The van der Waals surface area contributed by atoms with Gasteiger partial charge in [0.25, 0.3) is 0 Å². The second-order valence-corrected chi connectivity index (χ2v) is 6.57. The maximum atomic E-state index is 4.72. The number of hydrogen-bond acceptors (Lipinski definition) is 4. The molecule has 2 aromatic heterocycles. The number of thiophene rings is 1. The first-order valence-electron chi connectivity index (χ1n) is 6.45. The maximum absolute atomic E-state index is 4.72. The summed E-state index contributed by atoms with van der Waals surface area (Å²) in [6.45, 7) is 9.64. The molecule has 0 saturated heterocycles. The minimum Gasteiger partial charge on any atom is -0.310 e. The predicted molar refractivity (Wildman–Crippen MR) is 81.6 cm³/mol. The van der Waals surface area contributed by atoms with Crippen molar-refractivity contribution in [3.05, 3.63) is 27.6 Å². The van der Waals surface area contributed by atoms with E-state index >= 15 is 0 Å². The molecule has 0 fully saturated rings. The topological polar surface area (TPSA) is 24.9 Å². The Morgan fingerprint density at radius 3 is 2.67 bits per heavy atom. The molecule has 0 saturated carbocycles. The van der Waals surface area contributed by atoms with E-state index in [-0.39, 0.29) is 0 Å². The highest BCUT2D eigenvalue weighted by Crippen LogP contribution is 2.35. The Bertz CT molecular complexity index is 514. The average Bonchev–Trinajstić information content (AvgIpc) is 2.95. The third-order valence-corrected chi connectivity index (χ3v) is 5.70. The Morgan fingerprint density at radius 2 is 2.06 bits per heavy atom. The molecule has 0 bridgehead atoms. The van der Waals surface area contributed by atoms with Crippen molar-refractivity contribution in [1.82, 2.24) is 10.3 Å². The van der Waals surface area contributed by atoms with Gasteiger partial charge in [0.1, 0.15) is 5.01 Å². The second kappa shape index (κ2) is 5.95. The molecule has 2 heterocycles. The Hall–Kier alpha value is -0.710. The molecule has 4 heteroatoms. The largest absolute Gasteiger partial charge is 0.310 e. The summed E-state index contributed by atoms with van der Waals surface area (Å²) in [5.74, 6) is 0. The molecule has 0 radical (unpaired) electrons. The zero-order chi connectivity index (χ0) is 13.1. The van der Waals surface area contributed by atoms with Crippen LogP contribution in [0.15, 0.2) is 12.1 Å². The predicted octanol–water partition coefficient (Wildman–Crippen LogP) is 4.41. The van der Waals surface area contributed by atoms with Crippen LogP contribution in [0.1, 0.15) is 42.3 Å². The minimum atomic E-state index is 0.395. The molecule has 2 rings (SSSR count). The van der Waals surface area contributed by atoms with E-state index in [1.165, 1.54) is 14.6 Å². The van der Waals surface area contributed by atoms with E-state index in [4.69, 9.17) is 4.98 Å². The number of nitrogens with zero attached hydrogens (tertiary/aromatic N) is 1. The number of nitrogens with one attached hydrogen (secondary N) is 1. The maximum Gasteiger partial charge on any atom is 0.133 e. The molecule has 0 spiro atoms. The third kappa shape index (κ3) is 2.82. The van der Waals surface area contributed by atoms with E-state index in [1.54, 1.807) is 0 Å². The smallest absolute Gasteiger partial charge is 0.133 e. The van der Waals surface area contributed by atoms with Gasteiger partial charge in [0, 0.05) is 15.8 Å². The van der Waals surface area contributed by atoms with Crippen molar-refractivity contribution in [2.45, 2.75) is 40.2 Å². The van der Waals surface area contributed by atoms with E-state index in [1.807, 2.05) is 22.7 Å².